The summed E-state index contributed by atoms with van der Waals surface area (Å²) in [6, 6.07) is 20.3. The Morgan fingerprint density at radius 1 is 1.00 bits per heavy atom. The highest BCUT2D eigenvalue weighted by Crippen LogP contribution is 2.16. The molecule has 1 aromatic heterocycles. The van der Waals surface area contributed by atoms with Crippen LogP contribution in [-0.4, -0.2) is 39.0 Å². The lowest BCUT2D eigenvalue weighted by Crippen LogP contribution is -2.84. The summed E-state index contributed by atoms with van der Waals surface area (Å²) in [5.74, 6) is 0.965. The molecule has 0 aliphatic rings. The van der Waals surface area contributed by atoms with E-state index in [1.165, 1.54) is 5.56 Å². The van der Waals surface area contributed by atoms with E-state index in [4.69, 9.17) is 0 Å². The van der Waals surface area contributed by atoms with Gasteiger partial charge in [-0.3, -0.25) is 0 Å². The third kappa shape index (κ3) is 4.78. The molecule has 0 radical (unpaired) electrons. The average Bonchev–Trinajstić information content (AvgIpc) is 3.11. The molecule has 2 aromatic carbocycles. The fourth-order valence-electron chi connectivity index (χ4n) is 2.22. The third-order valence-corrected chi connectivity index (χ3v) is 4.36. The molecule has 0 bridgehead atoms. The van der Waals surface area contributed by atoms with Gasteiger partial charge in [-0.2, -0.15) is 4.68 Å². The smallest absolute Gasteiger partial charge is 0.214 e. The first-order chi connectivity index (χ1) is 11.9. The van der Waals surface area contributed by atoms with Gasteiger partial charge in [0.1, 0.15) is 0 Å². The highest BCUT2D eigenvalue weighted by Gasteiger charge is 2.08. The summed E-state index contributed by atoms with van der Waals surface area (Å²) >= 11 is 1.67. The number of nitrogens with zero attached hydrogens (tertiary/aromatic N) is 4. The second-order valence-corrected chi connectivity index (χ2v) is 6.25. The normalized spacial score (nSPS) is 11.2. The van der Waals surface area contributed by atoms with Gasteiger partial charge in [0.25, 0.3) is 0 Å². The van der Waals surface area contributed by atoms with Gasteiger partial charge in [0.2, 0.25) is 5.16 Å². The predicted octanol–water partition coefficient (Wildman–Crippen LogP) is 2.03. The Kier molecular flexibility index (Phi) is 6.16. The van der Waals surface area contributed by atoms with E-state index in [0.29, 0.717) is 0 Å². The van der Waals surface area contributed by atoms with E-state index in [1.54, 1.807) is 16.4 Å². The van der Waals surface area contributed by atoms with Crippen molar-refractivity contribution < 1.29 is 5.32 Å². The second kappa shape index (κ2) is 9.00. The molecule has 0 saturated heterocycles. The van der Waals surface area contributed by atoms with Gasteiger partial charge in [-0.15, -0.1) is 5.10 Å². The number of hydrogen-bond donors (Lipinski definition) is 1. The van der Waals surface area contributed by atoms with Crippen molar-refractivity contribution in [2.45, 2.75) is 5.16 Å². The van der Waals surface area contributed by atoms with Crippen molar-refractivity contribution in [3.05, 3.63) is 72.3 Å². The van der Waals surface area contributed by atoms with Gasteiger partial charge in [-0.25, -0.2) is 0 Å². The monoisotopic (exact) mass is 338 g/mol. The van der Waals surface area contributed by atoms with Crippen LogP contribution in [0.5, 0.6) is 0 Å². The first-order valence-electron chi connectivity index (χ1n) is 7.93. The van der Waals surface area contributed by atoms with E-state index in [9.17, 15) is 0 Å². The van der Waals surface area contributed by atoms with Crippen LogP contribution in [0.25, 0.3) is 11.8 Å². The maximum atomic E-state index is 4.10. The molecular weight excluding hydrogens is 318 g/mol. The Balaban J connectivity index is 1.40. The van der Waals surface area contributed by atoms with E-state index >= 15 is 0 Å². The minimum absolute atomic E-state index is 0.828. The topological polar surface area (TPSA) is 60.2 Å². The Morgan fingerprint density at radius 2 is 1.75 bits per heavy atom. The van der Waals surface area contributed by atoms with Crippen LogP contribution in [0.3, 0.4) is 0 Å². The predicted molar refractivity (Wildman–Crippen MR) is 97.0 cm³/mol. The zero-order valence-corrected chi connectivity index (χ0v) is 14.1. The molecule has 0 aliphatic heterocycles. The van der Waals surface area contributed by atoms with Crippen molar-refractivity contribution >= 4 is 17.8 Å². The number of tetrazole rings is 1. The number of hydrogen-bond acceptors (Lipinski definition) is 4. The Hall–Kier alpha value is -2.44. The molecule has 5 nitrogen and oxygen atoms in total. The first-order valence-corrected chi connectivity index (χ1v) is 8.92. The van der Waals surface area contributed by atoms with E-state index < -0.39 is 0 Å². The summed E-state index contributed by atoms with van der Waals surface area (Å²) in [6.45, 7) is 1.99. The molecule has 3 aromatic rings. The molecule has 0 saturated carbocycles. The number of quaternary nitrogens is 1. The van der Waals surface area contributed by atoms with Gasteiger partial charge in [0, 0.05) is 0 Å². The lowest BCUT2D eigenvalue weighted by molar-refractivity contribution is -0.641. The Morgan fingerprint density at radius 3 is 2.54 bits per heavy atom. The van der Waals surface area contributed by atoms with Gasteiger partial charge < -0.3 is 5.32 Å². The third-order valence-electron chi connectivity index (χ3n) is 3.41. The fraction of sp³-hybridized carbons (Fsp3) is 0.167. The van der Waals surface area contributed by atoms with Gasteiger partial charge in [-0.05, 0) is 34.2 Å². The van der Waals surface area contributed by atoms with Gasteiger partial charge in [0.05, 0.1) is 24.5 Å². The molecule has 3 rings (SSSR count). The van der Waals surface area contributed by atoms with Crippen LogP contribution in [0.4, 0.5) is 0 Å². The molecule has 0 spiro atoms. The van der Waals surface area contributed by atoms with Crippen LogP contribution >= 0.6 is 11.8 Å². The first kappa shape index (κ1) is 16.4. The number of rotatable bonds is 8. The highest BCUT2D eigenvalue weighted by atomic mass is 32.2. The van der Waals surface area contributed by atoms with E-state index in [-0.39, 0.29) is 0 Å². The SMILES string of the molecule is C(=C\c1ccccc1)/C[NH2+]CCSc1nnnn1-c1ccccc1. The van der Waals surface area contributed by atoms with Crippen LogP contribution < -0.4 is 5.32 Å². The highest BCUT2D eigenvalue weighted by molar-refractivity contribution is 7.99. The molecule has 2 N–H and O–H groups in total. The maximum Gasteiger partial charge on any atom is 0.214 e. The molecule has 24 heavy (non-hydrogen) atoms. The summed E-state index contributed by atoms with van der Waals surface area (Å²) in [5.41, 5.74) is 2.22. The van der Waals surface area contributed by atoms with E-state index in [1.807, 2.05) is 36.4 Å². The maximum absolute atomic E-state index is 4.10. The minimum Gasteiger partial charge on any atom is -0.342 e. The number of para-hydroxylation sites is 1. The van der Waals surface area contributed by atoms with E-state index in [0.717, 1.165) is 29.7 Å². The fourth-order valence-corrected chi connectivity index (χ4v) is 3.04. The second-order valence-electron chi connectivity index (χ2n) is 5.18. The Bertz CT molecular complexity index is 755. The van der Waals surface area contributed by atoms with Crippen molar-refractivity contribution in [3.8, 4) is 5.69 Å². The molecular formula is C18H20N5S+. The Labute approximate surface area is 145 Å². The molecule has 1 heterocycles. The van der Waals surface area contributed by atoms with Crippen molar-refractivity contribution in [1.29, 1.82) is 0 Å². The summed E-state index contributed by atoms with van der Waals surface area (Å²) in [5, 5.41) is 15.1. The van der Waals surface area contributed by atoms with E-state index in [2.05, 4.69) is 57.3 Å². The number of thioether (sulfide) groups is 1. The summed E-state index contributed by atoms with van der Waals surface area (Å²) < 4.78 is 1.78. The summed E-state index contributed by atoms with van der Waals surface area (Å²) in [6.07, 6.45) is 4.34. The van der Waals surface area contributed by atoms with Crippen molar-refractivity contribution in [3.63, 3.8) is 0 Å². The quantitative estimate of drug-likeness (QED) is 0.504. The summed E-state index contributed by atoms with van der Waals surface area (Å²) in [4.78, 5) is 0. The number of aromatic nitrogens is 4. The number of nitrogens with two attached hydrogens (primary N) is 1. The molecule has 122 valence electrons. The standard InChI is InChI=1S/C18H19N5S/c1-3-8-16(9-4-1)10-7-13-19-14-15-24-18-20-21-22-23(18)17-11-5-2-6-12-17/h1-12,19H,13-15H2/p+1/b10-7+. The zero-order chi connectivity index (χ0) is 16.5. The van der Waals surface area contributed by atoms with Gasteiger partial charge in [-0.1, -0.05) is 66.4 Å². The largest absolute Gasteiger partial charge is 0.342 e. The lowest BCUT2D eigenvalue weighted by Gasteiger charge is -2.03. The molecule has 0 unspecified atom stereocenters. The van der Waals surface area contributed by atoms with Gasteiger partial charge in [0.15, 0.2) is 0 Å². The number of benzene rings is 2. The molecule has 0 atom stereocenters. The zero-order valence-electron chi connectivity index (χ0n) is 13.3. The molecule has 0 amide bonds. The van der Waals surface area contributed by atoms with Gasteiger partial charge >= 0.3 is 0 Å². The van der Waals surface area contributed by atoms with Crippen LogP contribution in [0.15, 0.2) is 71.9 Å². The van der Waals surface area contributed by atoms with Crippen LogP contribution in [0, 0.1) is 0 Å². The average molecular weight is 338 g/mol. The summed E-state index contributed by atoms with van der Waals surface area (Å²) in [7, 11) is 0. The lowest BCUT2D eigenvalue weighted by atomic mass is 10.2. The molecule has 6 heteroatoms. The van der Waals surface area contributed by atoms with Crippen LogP contribution in [0.1, 0.15) is 5.56 Å². The van der Waals surface area contributed by atoms with Crippen molar-refractivity contribution in [1.82, 2.24) is 20.2 Å². The minimum atomic E-state index is 0.828. The molecule has 0 aliphatic carbocycles. The molecule has 0 fully saturated rings. The van der Waals surface area contributed by atoms with Crippen molar-refractivity contribution in [2.75, 3.05) is 18.8 Å². The van der Waals surface area contributed by atoms with Crippen LogP contribution in [-0.2, 0) is 0 Å². The van der Waals surface area contributed by atoms with Crippen molar-refractivity contribution in [2.24, 2.45) is 0 Å². The van der Waals surface area contributed by atoms with Crippen LogP contribution in [0.2, 0.25) is 0 Å².